The molecular weight excluding hydrogens is 363 g/mol. The standard InChI is InChI=1S/C14H7BrClFN2O2/c15-10-2-1-3-11-18-12(14(20)21)13(19(10)11)8-5-4-7(17)6-9(8)16/h1-6H,(H,20,21). The molecule has 0 aliphatic carbocycles. The Bertz CT molecular complexity index is 879. The largest absolute Gasteiger partial charge is 0.476 e. The first-order chi connectivity index (χ1) is 9.99. The van der Waals surface area contributed by atoms with Crippen molar-refractivity contribution in [2.24, 2.45) is 0 Å². The van der Waals surface area contributed by atoms with Crippen molar-refractivity contribution in [3.8, 4) is 11.3 Å². The van der Waals surface area contributed by atoms with Gasteiger partial charge in [0.25, 0.3) is 0 Å². The first kappa shape index (κ1) is 14.0. The van der Waals surface area contributed by atoms with Gasteiger partial charge < -0.3 is 5.11 Å². The predicted molar refractivity (Wildman–Crippen MR) is 80.3 cm³/mol. The molecule has 0 radical (unpaired) electrons. The van der Waals surface area contributed by atoms with Crippen molar-refractivity contribution in [3.05, 3.63) is 57.5 Å². The fourth-order valence-corrected chi connectivity index (χ4v) is 2.90. The molecular formula is C14H7BrClFN2O2. The van der Waals surface area contributed by atoms with Crippen LogP contribution in [0, 0.1) is 5.82 Å². The molecule has 106 valence electrons. The van der Waals surface area contributed by atoms with Gasteiger partial charge in [-0.25, -0.2) is 14.2 Å². The molecule has 4 nitrogen and oxygen atoms in total. The van der Waals surface area contributed by atoms with Crippen LogP contribution in [-0.2, 0) is 0 Å². The minimum absolute atomic E-state index is 0.120. The summed E-state index contributed by atoms with van der Waals surface area (Å²) in [6, 6.07) is 8.97. The van der Waals surface area contributed by atoms with E-state index in [2.05, 4.69) is 20.9 Å². The summed E-state index contributed by atoms with van der Waals surface area (Å²) >= 11 is 9.42. The molecule has 0 amide bonds. The number of fused-ring (bicyclic) bond motifs is 1. The lowest BCUT2D eigenvalue weighted by Crippen LogP contribution is -2.01. The summed E-state index contributed by atoms with van der Waals surface area (Å²) in [6.07, 6.45) is 0. The van der Waals surface area contributed by atoms with Gasteiger partial charge in [-0.15, -0.1) is 0 Å². The number of halogens is 3. The highest BCUT2D eigenvalue weighted by Gasteiger charge is 2.22. The number of hydrogen-bond donors (Lipinski definition) is 1. The molecule has 1 aromatic carbocycles. The number of nitrogens with zero attached hydrogens (tertiary/aromatic N) is 2. The topological polar surface area (TPSA) is 54.6 Å². The number of carboxylic acids is 1. The van der Waals surface area contributed by atoms with Crippen LogP contribution in [0.1, 0.15) is 10.5 Å². The molecule has 0 spiro atoms. The van der Waals surface area contributed by atoms with Crippen molar-refractivity contribution in [1.82, 2.24) is 9.38 Å². The van der Waals surface area contributed by atoms with Gasteiger partial charge in [0, 0.05) is 5.56 Å². The minimum Gasteiger partial charge on any atom is -0.476 e. The molecule has 0 aliphatic rings. The van der Waals surface area contributed by atoms with E-state index < -0.39 is 11.8 Å². The summed E-state index contributed by atoms with van der Waals surface area (Å²) < 4.78 is 15.4. The summed E-state index contributed by atoms with van der Waals surface area (Å²) in [4.78, 5) is 15.5. The smallest absolute Gasteiger partial charge is 0.356 e. The van der Waals surface area contributed by atoms with E-state index in [0.29, 0.717) is 21.5 Å². The molecule has 3 rings (SSSR count). The Balaban J connectivity index is 2.44. The minimum atomic E-state index is -1.18. The molecule has 0 bridgehead atoms. The fourth-order valence-electron chi connectivity index (χ4n) is 2.13. The summed E-state index contributed by atoms with van der Waals surface area (Å²) in [5, 5.41) is 9.48. The highest BCUT2D eigenvalue weighted by Crippen LogP contribution is 2.33. The molecule has 21 heavy (non-hydrogen) atoms. The second kappa shape index (κ2) is 5.13. The number of aromatic nitrogens is 2. The van der Waals surface area contributed by atoms with Gasteiger partial charge in [0.1, 0.15) is 11.5 Å². The van der Waals surface area contributed by atoms with E-state index in [0.717, 1.165) is 6.07 Å². The van der Waals surface area contributed by atoms with Crippen molar-refractivity contribution >= 4 is 39.1 Å². The lowest BCUT2D eigenvalue weighted by atomic mass is 10.1. The fraction of sp³-hybridized carbons (Fsp3) is 0. The lowest BCUT2D eigenvalue weighted by Gasteiger charge is -2.07. The molecule has 0 aliphatic heterocycles. The summed E-state index contributed by atoms with van der Waals surface area (Å²) in [5.41, 5.74) is 1.01. The van der Waals surface area contributed by atoms with E-state index in [1.807, 2.05) is 0 Å². The van der Waals surface area contributed by atoms with Crippen LogP contribution in [-0.4, -0.2) is 20.5 Å². The summed E-state index contributed by atoms with van der Waals surface area (Å²) in [5.74, 6) is -1.67. The van der Waals surface area contributed by atoms with Gasteiger partial charge in [-0.05, 0) is 46.3 Å². The number of rotatable bonds is 2. The molecule has 3 aromatic rings. The van der Waals surface area contributed by atoms with Gasteiger partial charge in [0.05, 0.1) is 15.3 Å². The van der Waals surface area contributed by atoms with Crippen LogP contribution in [0.2, 0.25) is 5.02 Å². The Labute approximate surface area is 131 Å². The number of hydrogen-bond acceptors (Lipinski definition) is 2. The third-order valence-corrected chi connectivity index (χ3v) is 3.92. The molecule has 2 heterocycles. The van der Waals surface area contributed by atoms with Crippen molar-refractivity contribution < 1.29 is 14.3 Å². The van der Waals surface area contributed by atoms with Crippen LogP contribution in [0.5, 0.6) is 0 Å². The van der Waals surface area contributed by atoms with Gasteiger partial charge in [-0.2, -0.15) is 0 Å². The van der Waals surface area contributed by atoms with Gasteiger partial charge in [0.15, 0.2) is 5.69 Å². The van der Waals surface area contributed by atoms with Crippen molar-refractivity contribution in [2.45, 2.75) is 0 Å². The van der Waals surface area contributed by atoms with Gasteiger partial charge in [0.2, 0.25) is 0 Å². The zero-order chi connectivity index (χ0) is 15.1. The third-order valence-electron chi connectivity index (χ3n) is 2.98. The third kappa shape index (κ3) is 2.30. The van der Waals surface area contributed by atoms with E-state index in [4.69, 9.17) is 11.6 Å². The average Bonchev–Trinajstić information content (AvgIpc) is 2.80. The van der Waals surface area contributed by atoms with Crippen LogP contribution in [0.3, 0.4) is 0 Å². The maximum atomic E-state index is 13.2. The van der Waals surface area contributed by atoms with Crippen LogP contribution in [0.25, 0.3) is 16.9 Å². The van der Waals surface area contributed by atoms with Crippen LogP contribution in [0.4, 0.5) is 4.39 Å². The first-order valence-corrected chi connectivity index (χ1v) is 7.02. The molecule has 7 heteroatoms. The normalized spacial score (nSPS) is 11.0. The van der Waals surface area contributed by atoms with Crippen molar-refractivity contribution in [2.75, 3.05) is 0 Å². The second-order valence-corrected chi connectivity index (χ2v) is 5.50. The first-order valence-electron chi connectivity index (χ1n) is 5.84. The number of pyridine rings is 1. The molecule has 0 fully saturated rings. The van der Waals surface area contributed by atoms with Gasteiger partial charge >= 0.3 is 5.97 Å². The predicted octanol–water partition coefficient (Wildman–Crippen LogP) is 4.25. The Morgan fingerprint density at radius 1 is 1.33 bits per heavy atom. The second-order valence-electron chi connectivity index (χ2n) is 4.28. The maximum Gasteiger partial charge on any atom is 0.356 e. The van der Waals surface area contributed by atoms with Crippen LogP contribution in [0.15, 0.2) is 41.0 Å². The van der Waals surface area contributed by atoms with Crippen LogP contribution < -0.4 is 0 Å². The van der Waals surface area contributed by atoms with E-state index >= 15 is 0 Å². The summed E-state index contributed by atoms with van der Waals surface area (Å²) in [7, 11) is 0. The van der Waals surface area contributed by atoms with Crippen molar-refractivity contribution in [1.29, 1.82) is 0 Å². The quantitative estimate of drug-likeness (QED) is 0.687. The van der Waals surface area contributed by atoms with Gasteiger partial charge in [-0.1, -0.05) is 17.7 Å². The molecule has 0 saturated heterocycles. The van der Waals surface area contributed by atoms with E-state index in [9.17, 15) is 14.3 Å². The lowest BCUT2D eigenvalue weighted by molar-refractivity contribution is 0.0692. The highest BCUT2D eigenvalue weighted by atomic mass is 79.9. The maximum absolute atomic E-state index is 13.2. The van der Waals surface area contributed by atoms with Crippen molar-refractivity contribution in [3.63, 3.8) is 0 Å². The highest BCUT2D eigenvalue weighted by molar-refractivity contribution is 9.10. The monoisotopic (exact) mass is 368 g/mol. The number of aromatic carboxylic acids is 1. The van der Waals surface area contributed by atoms with Crippen LogP contribution >= 0.6 is 27.5 Å². The zero-order valence-electron chi connectivity index (χ0n) is 10.3. The molecule has 1 N–H and O–H groups in total. The number of benzene rings is 1. The van der Waals surface area contributed by atoms with E-state index in [-0.39, 0.29) is 10.7 Å². The Morgan fingerprint density at radius 2 is 2.10 bits per heavy atom. The SMILES string of the molecule is O=C(O)c1nc2cccc(Br)n2c1-c1ccc(F)cc1Cl. The average molecular weight is 370 g/mol. The molecule has 0 saturated carbocycles. The molecule has 2 aromatic heterocycles. The van der Waals surface area contributed by atoms with Gasteiger partial charge in [-0.3, -0.25) is 4.40 Å². The number of carbonyl (C=O) groups is 1. The number of imidazole rings is 1. The number of carboxylic acid groups (broad SMARTS) is 1. The molecule has 0 unspecified atom stereocenters. The van der Waals surface area contributed by atoms with E-state index in [1.54, 1.807) is 22.6 Å². The Morgan fingerprint density at radius 3 is 2.76 bits per heavy atom. The van der Waals surface area contributed by atoms with E-state index in [1.165, 1.54) is 12.1 Å². The Kier molecular flexibility index (Phi) is 3.43. The molecule has 0 atom stereocenters. The summed E-state index contributed by atoms with van der Waals surface area (Å²) in [6.45, 7) is 0. The Hall–Kier alpha value is -1.92. The zero-order valence-corrected chi connectivity index (χ0v) is 12.7.